The van der Waals surface area contributed by atoms with Crippen molar-refractivity contribution in [1.29, 1.82) is 0 Å². The molecule has 5 N–H and O–H groups in total. The molecule has 0 aromatic carbocycles. The van der Waals surface area contributed by atoms with Crippen molar-refractivity contribution in [1.82, 2.24) is 25.1 Å². The third-order valence-electron chi connectivity index (χ3n) is 12.4. The number of aliphatic hydroxyl groups is 1. The number of carbonyl (C=O) groups is 4. The highest BCUT2D eigenvalue weighted by atomic mass is 32.1. The fourth-order valence-electron chi connectivity index (χ4n) is 9.04. The Hall–Kier alpha value is -4.28. The molecular weight excluding hydrogens is 820 g/mol. The van der Waals surface area contributed by atoms with E-state index < -0.39 is 94.8 Å². The van der Waals surface area contributed by atoms with Gasteiger partial charge in [-0.05, 0) is 67.1 Å². The number of nitrogens with two attached hydrogens (primary N) is 2. The molecule has 2 aromatic heterocycles. The van der Waals surface area contributed by atoms with Crippen molar-refractivity contribution in [2.75, 3.05) is 26.9 Å². The highest BCUT2D eigenvalue weighted by Gasteiger charge is 2.63. The molecule has 0 amide bonds. The van der Waals surface area contributed by atoms with Crippen LogP contribution in [-0.2, 0) is 54.3 Å². The molecular formula is C40H59FN8O11S. The quantitative estimate of drug-likeness (QED) is 0.102. The first-order valence-corrected chi connectivity index (χ1v) is 21.1. The van der Waals surface area contributed by atoms with Crippen LogP contribution in [0.4, 0.5) is 10.2 Å². The van der Waals surface area contributed by atoms with Gasteiger partial charge in [0.1, 0.15) is 29.7 Å². The number of hydrogen-bond acceptors (Lipinski definition) is 19. The molecule has 0 radical (unpaired) electrons. The number of aliphatic hydroxyl groups excluding tert-OH is 1. The van der Waals surface area contributed by atoms with Gasteiger partial charge in [0, 0.05) is 43.0 Å². The second-order valence-corrected chi connectivity index (χ2v) is 18.2. The van der Waals surface area contributed by atoms with Gasteiger partial charge in [0.25, 0.3) is 5.67 Å². The number of aromatic nitrogens is 4. The molecule has 21 heteroatoms. The molecule has 3 aliphatic heterocycles. The number of oxime groups is 1. The normalized spacial score (nSPS) is 38.1. The van der Waals surface area contributed by atoms with Gasteiger partial charge in [-0.3, -0.25) is 14.4 Å². The average Bonchev–Trinajstić information content (AvgIpc) is 3.79. The van der Waals surface area contributed by atoms with Crippen LogP contribution >= 0.6 is 11.3 Å². The number of carbonyl (C=O) groups excluding carboxylic acids is 4. The van der Waals surface area contributed by atoms with E-state index in [1.165, 1.54) is 33.2 Å². The molecule has 1 unspecified atom stereocenters. The van der Waals surface area contributed by atoms with Crippen LogP contribution in [0.25, 0.3) is 10.8 Å². The Morgan fingerprint density at radius 3 is 2.43 bits per heavy atom. The second kappa shape index (κ2) is 18.6. The third kappa shape index (κ3) is 9.56. The molecule has 5 heterocycles. The predicted octanol–water partition coefficient (Wildman–Crippen LogP) is 2.63. The summed E-state index contributed by atoms with van der Waals surface area (Å²) in [6.45, 7) is 11.7. The van der Waals surface area contributed by atoms with Crippen LogP contribution in [0.2, 0.25) is 0 Å². The number of ether oxygens (including phenoxy) is 5. The number of alkyl halides is 1. The lowest BCUT2D eigenvalue weighted by atomic mass is 9.67. The van der Waals surface area contributed by atoms with Crippen molar-refractivity contribution in [3.8, 4) is 10.8 Å². The Morgan fingerprint density at radius 2 is 1.80 bits per heavy atom. The molecule has 0 aliphatic carbocycles. The van der Waals surface area contributed by atoms with Crippen molar-refractivity contribution < 1.29 is 57.2 Å². The zero-order chi connectivity index (χ0) is 45.4. The summed E-state index contributed by atoms with van der Waals surface area (Å²) in [5.74, 6) is -9.67. The minimum atomic E-state index is -3.25. The number of likely N-dealkylation sites (N-methyl/N-ethyl adjacent to an activating group) is 1. The summed E-state index contributed by atoms with van der Waals surface area (Å²) in [5, 5.41) is 24.3. The smallest absolute Gasteiger partial charge is 0.351 e. The van der Waals surface area contributed by atoms with Gasteiger partial charge in [0.05, 0.1) is 17.8 Å². The molecule has 14 atom stereocenters. The van der Waals surface area contributed by atoms with Crippen molar-refractivity contribution in [2.24, 2.45) is 40.5 Å². The molecule has 2 aromatic rings. The van der Waals surface area contributed by atoms with E-state index in [2.05, 4.69) is 25.3 Å². The summed E-state index contributed by atoms with van der Waals surface area (Å²) >= 11 is 1.11. The maximum atomic E-state index is 16.9. The molecule has 19 nitrogen and oxygen atoms in total. The van der Waals surface area contributed by atoms with Crippen LogP contribution in [0.5, 0.6) is 0 Å². The van der Waals surface area contributed by atoms with Gasteiger partial charge >= 0.3 is 11.9 Å². The molecule has 338 valence electrons. The van der Waals surface area contributed by atoms with E-state index in [4.69, 9.17) is 40.0 Å². The average molecular weight is 879 g/mol. The zero-order valence-electron chi connectivity index (χ0n) is 36.5. The molecule has 3 saturated heterocycles. The van der Waals surface area contributed by atoms with Crippen LogP contribution in [0.15, 0.2) is 17.4 Å². The van der Waals surface area contributed by atoms with E-state index in [9.17, 15) is 24.3 Å². The maximum Gasteiger partial charge on any atom is 0.351 e. The first-order valence-electron chi connectivity index (χ1n) is 20.3. The van der Waals surface area contributed by atoms with Crippen molar-refractivity contribution in [3.63, 3.8) is 0 Å². The summed E-state index contributed by atoms with van der Waals surface area (Å²) in [5.41, 5.74) is 5.70. The SMILES string of the molecule is CC[C@@H]1OC(=O)[C@@](C)(F)C(=O)[C@H](C)[C@@H](OC2O[C@H](C)C[C@H](N(C)C)[C@H]2O)[C@](C)(OC)C[C@@H](C)C(=O)[C@H](C)[C@H]2[C@H](/C(N)=N/OCc3nnc(-c4nccc(N)n4)s3)C(=O)O[C@@]21C. The van der Waals surface area contributed by atoms with E-state index in [-0.39, 0.29) is 48.8 Å². The molecule has 61 heavy (non-hydrogen) atoms. The summed E-state index contributed by atoms with van der Waals surface area (Å²) < 4.78 is 47.3. The number of halogens is 1. The molecule has 0 bridgehead atoms. The number of amidine groups is 1. The third-order valence-corrected chi connectivity index (χ3v) is 13.3. The van der Waals surface area contributed by atoms with E-state index in [1.807, 2.05) is 11.8 Å². The number of ketones is 2. The van der Waals surface area contributed by atoms with Gasteiger partial charge < -0.3 is 50.0 Å². The van der Waals surface area contributed by atoms with E-state index in [0.717, 1.165) is 18.3 Å². The Labute approximate surface area is 358 Å². The number of rotatable bonds is 10. The summed E-state index contributed by atoms with van der Waals surface area (Å²) in [6.07, 6.45) is -3.74. The topological polar surface area (TPSA) is 263 Å². The fraction of sp³-hybridized carbons (Fsp3) is 0.725. The van der Waals surface area contributed by atoms with Gasteiger partial charge in [-0.25, -0.2) is 19.2 Å². The second-order valence-electron chi connectivity index (χ2n) is 17.1. The largest absolute Gasteiger partial charge is 0.455 e. The number of esters is 2. The monoisotopic (exact) mass is 878 g/mol. The Balaban J connectivity index is 1.51. The Morgan fingerprint density at radius 1 is 1.11 bits per heavy atom. The predicted molar refractivity (Wildman–Crippen MR) is 218 cm³/mol. The number of methoxy groups -OCH3 is 1. The molecule has 3 fully saturated rings. The number of hydrogen-bond donors (Lipinski definition) is 3. The molecule has 0 spiro atoms. The summed E-state index contributed by atoms with van der Waals surface area (Å²) in [4.78, 5) is 72.4. The first kappa shape index (κ1) is 47.8. The lowest BCUT2D eigenvalue weighted by Crippen LogP contribution is -2.61. The van der Waals surface area contributed by atoms with Gasteiger partial charge in [-0.1, -0.05) is 44.2 Å². The van der Waals surface area contributed by atoms with Crippen molar-refractivity contribution in [2.45, 2.75) is 135 Å². The summed E-state index contributed by atoms with van der Waals surface area (Å²) in [7, 11) is 4.96. The number of fused-ring (bicyclic) bond motifs is 1. The van der Waals surface area contributed by atoms with Crippen LogP contribution in [0.3, 0.4) is 0 Å². The van der Waals surface area contributed by atoms with Gasteiger partial charge in [-0.2, -0.15) is 0 Å². The van der Waals surface area contributed by atoms with E-state index >= 15 is 4.39 Å². The number of cyclic esters (lactones) is 1. The van der Waals surface area contributed by atoms with E-state index in [0.29, 0.717) is 16.4 Å². The first-order chi connectivity index (χ1) is 28.5. The number of Topliss-reactive ketones (excluding diaryl/α,β-unsaturated/α-hetero) is 2. The van der Waals surface area contributed by atoms with Gasteiger partial charge in [0.2, 0.25) is 0 Å². The standard InChI is InChI=1S/C40H59FN8O11S/c1-12-23-40(8)27(26(35(53)60-40)32(43)48-56-17-25-46-47-34(61-25)33-44-14-13-24(42)45-33)20(4)28(50)18(2)16-38(6,55-11)31(21(5)30(52)39(7,41)37(54)58-23)59-36-29(51)22(49(9)10)15-19(3)57-36/h13-14,18-23,26-27,29,31,36,51H,12,15-17H2,1-11H3,(H2,43,48)(H2,42,44,45)/t18-,19-,20-,21+,22+,23+,26-,27+,29-,31-,36?,38-,39+,40-/m1/s1. The van der Waals surface area contributed by atoms with Crippen molar-refractivity contribution in [3.05, 3.63) is 17.3 Å². The van der Waals surface area contributed by atoms with Gasteiger partial charge in [-0.15, -0.1) is 10.2 Å². The minimum Gasteiger partial charge on any atom is -0.455 e. The molecule has 5 rings (SSSR count). The van der Waals surface area contributed by atoms with Crippen LogP contribution in [0, 0.1) is 29.6 Å². The number of nitrogen functional groups attached to an aromatic ring is 1. The van der Waals surface area contributed by atoms with Crippen LogP contribution < -0.4 is 11.5 Å². The Kier molecular flexibility index (Phi) is 14.6. The minimum absolute atomic E-state index is 0.0195. The maximum absolute atomic E-state index is 16.9. The highest BCUT2D eigenvalue weighted by molar-refractivity contribution is 7.14. The molecule has 3 aliphatic rings. The lowest BCUT2D eigenvalue weighted by Gasteiger charge is -2.47. The number of nitrogens with zero attached hydrogens (tertiary/aromatic N) is 6. The Bertz CT molecular complexity index is 1970. The number of anilines is 1. The van der Waals surface area contributed by atoms with Gasteiger partial charge in [0.15, 0.2) is 46.0 Å². The highest BCUT2D eigenvalue weighted by Crippen LogP contribution is 2.48. The molecule has 0 saturated carbocycles. The summed E-state index contributed by atoms with van der Waals surface area (Å²) in [6, 6.07) is 1.13. The van der Waals surface area contributed by atoms with E-state index in [1.54, 1.807) is 41.8 Å². The van der Waals surface area contributed by atoms with Crippen molar-refractivity contribution >= 4 is 46.5 Å². The van der Waals surface area contributed by atoms with Crippen LogP contribution in [-0.4, -0.2) is 134 Å². The zero-order valence-corrected chi connectivity index (χ0v) is 37.3. The fourth-order valence-corrected chi connectivity index (χ4v) is 9.73. The lowest BCUT2D eigenvalue weighted by molar-refractivity contribution is -0.295. The van der Waals surface area contributed by atoms with Crippen LogP contribution in [0.1, 0.15) is 79.7 Å².